The van der Waals surface area contributed by atoms with Crippen molar-refractivity contribution in [1.29, 1.82) is 0 Å². The summed E-state index contributed by atoms with van der Waals surface area (Å²) < 4.78 is 1.95. The van der Waals surface area contributed by atoms with Crippen LogP contribution < -0.4 is 4.90 Å². The van der Waals surface area contributed by atoms with E-state index in [9.17, 15) is 19.7 Å². The summed E-state index contributed by atoms with van der Waals surface area (Å²) in [5.74, 6) is -0.256. The number of benzene rings is 1. The fourth-order valence-electron chi connectivity index (χ4n) is 4.50. The lowest BCUT2D eigenvalue weighted by Crippen LogP contribution is -2.29. The number of aromatic nitrogens is 1. The normalized spacial score (nSPS) is 17.6. The number of aryl methyl sites for hydroxylation is 1. The van der Waals surface area contributed by atoms with Crippen molar-refractivity contribution >= 4 is 40.4 Å². The Balaban J connectivity index is 1.68. The van der Waals surface area contributed by atoms with E-state index in [0.29, 0.717) is 22.8 Å². The molecule has 0 bridgehead atoms. The molecule has 0 saturated carbocycles. The molecular weight excluding hydrogens is 440 g/mol. The molecule has 0 N–H and O–H groups in total. The minimum Gasteiger partial charge on any atom is -0.366 e. The largest absolute Gasteiger partial charge is 0.366 e. The van der Waals surface area contributed by atoms with Gasteiger partial charge in [0.1, 0.15) is 5.69 Å². The quantitative estimate of drug-likeness (QED) is 0.305. The Hall–Kier alpha value is -3.07. The molecule has 2 aromatic rings. The van der Waals surface area contributed by atoms with E-state index in [0.717, 1.165) is 67.5 Å². The first-order chi connectivity index (χ1) is 15.8. The van der Waals surface area contributed by atoms with Crippen LogP contribution in [-0.2, 0) is 4.79 Å². The van der Waals surface area contributed by atoms with Crippen LogP contribution in [0.5, 0.6) is 0 Å². The number of anilines is 1. The van der Waals surface area contributed by atoms with Gasteiger partial charge in [-0.15, -0.1) is 0 Å². The number of thioether (sulfide) groups is 1. The Morgan fingerprint density at radius 2 is 1.88 bits per heavy atom. The van der Waals surface area contributed by atoms with Gasteiger partial charge in [0, 0.05) is 37.1 Å². The van der Waals surface area contributed by atoms with Crippen molar-refractivity contribution in [3.63, 3.8) is 0 Å². The van der Waals surface area contributed by atoms with Gasteiger partial charge >= 0.3 is 0 Å². The zero-order chi connectivity index (χ0) is 23.7. The van der Waals surface area contributed by atoms with E-state index >= 15 is 0 Å². The van der Waals surface area contributed by atoms with E-state index in [2.05, 4.69) is 4.90 Å². The number of rotatable bonds is 7. The van der Waals surface area contributed by atoms with Crippen LogP contribution in [-0.4, -0.2) is 45.2 Å². The molecule has 2 saturated heterocycles. The van der Waals surface area contributed by atoms with E-state index in [1.165, 1.54) is 4.90 Å². The number of carbonyl (C=O) groups is 2. The molecule has 0 aliphatic carbocycles. The summed E-state index contributed by atoms with van der Waals surface area (Å²) in [6.45, 7) is 7.96. The molecule has 1 aromatic heterocycles. The molecular formula is C24H28N4O4S. The first-order valence-corrected chi connectivity index (χ1v) is 12.1. The molecule has 0 unspecified atom stereocenters. The SMILES string of the molecule is CCCCN1C(=O)S/C(=C\c2cc(C)n(-c3ccc(N4CCCC4)c([N+](=O)[O-])c3)c2C)C1=O. The summed E-state index contributed by atoms with van der Waals surface area (Å²) in [6, 6.07) is 7.30. The predicted molar refractivity (Wildman–Crippen MR) is 131 cm³/mol. The number of nitrogens with zero attached hydrogens (tertiary/aromatic N) is 4. The molecule has 2 aliphatic rings. The van der Waals surface area contributed by atoms with E-state index < -0.39 is 0 Å². The number of imide groups is 1. The highest BCUT2D eigenvalue weighted by molar-refractivity contribution is 8.18. The van der Waals surface area contributed by atoms with Crippen LogP contribution in [0.1, 0.15) is 49.6 Å². The van der Waals surface area contributed by atoms with Gasteiger partial charge in [-0.1, -0.05) is 13.3 Å². The van der Waals surface area contributed by atoms with Crippen LogP contribution in [0.15, 0.2) is 29.2 Å². The van der Waals surface area contributed by atoms with Crippen LogP contribution in [0.25, 0.3) is 11.8 Å². The Kier molecular flexibility index (Phi) is 6.60. The molecule has 4 rings (SSSR count). The number of amides is 2. The van der Waals surface area contributed by atoms with E-state index in [1.807, 2.05) is 43.5 Å². The summed E-state index contributed by atoms with van der Waals surface area (Å²) in [4.78, 5) is 40.3. The zero-order valence-electron chi connectivity index (χ0n) is 19.2. The predicted octanol–water partition coefficient (Wildman–Crippen LogP) is 5.44. The van der Waals surface area contributed by atoms with E-state index in [1.54, 1.807) is 12.1 Å². The first-order valence-electron chi connectivity index (χ1n) is 11.3. The van der Waals surface area contributed by atoms with Crippen molar-refractivity contribution in [3.05, 3.63) is 56.2 Å². The molecule has 33 heavy (non-hydrogen) atoms. The number of nitro benzene ring substituents is 1. The number of carbonyl (C=O) groups excluding carboxylic acids is 2. The number of nitro groups is 1. The van der Waals surface area contributed by atoms with Crippen LogP contribution in [0.4, 0.5) is 16.2 Å². The molecule has 9 heteroatoms. The second kappa shape index (κ2) is 9.43. The summed E-state index contributed by atoms with van der Waals surface area (Å²) >= 11 is 0.964. The second-order valence-corrected chi connectivity index (χ2v) is 9.47. The summed E-state index contributed by atoms with van der Waals surface area (Å²) in [5, 5.41) is 11.6. The van der Waals surface area contributed by atoms with Gasteiger partial charge in [-0.05, 0) is 74.7 Å². The van der Waals surface area contributed by atoms with Crippen molar-refractivity contribution in [3.8, 4) is 5.69 Å². The highest BCUT2D eigenvalue weighted by atomic mass is 32.2. The van der Waals surface area contributed by atoms with Gasteiger partial charge in [-0.25, -0.2) is 0 Å². The topological polar surface area (TPSA) is 88.7 Å². The molecule has 0 atom stereocenters. The maximum Gasteiger partial charge on any atom is 0.294 e. The molecule has 174 valence electrons. The third-order valence-electron chi connectivity index (χ3n) is 6.23. The van der Waals surface area contributed by atoms with Crippen LogP contribution >= 0.6 is 11.8 Å². The van der Waals surface area contributed by atoms with Gasteiger partial charge in [0.2, 0.25) is 0 Å². The maximum atomic E-state index is 12.7. The molecule has 0 spiro atoms. The highest BCUT2D eigenvalue weighted by Crippen LogP contribution is 2.36. The molecule has 2 amide bonds. The van der Waals surface area contributed by atoms with Gasteiger partial charge in [0.15, 0.2) is 0 Å². The minimum atomic E-state index is -0.321. The second-order valence-electron chi connectivity index (χ2n) is 8.47. The van der Waals surface area contributed by atoms with Crippen LogP contribution in [0.3, 0.4) is 0 Å². The average Bonchev–Trinajstić information content (AvgIpc) is 3.47. The third-order valence-corrected chi connectivity index (χ3v) is 7.13. The monoisotopic (exact) mass is 468 g/mol. The van der Waals surface area contributed by atoms with Gasteiger partial charge in [0.05, 0.1) is 15.5 Å². The summed E-state index contributed by atoms with van der Waals surface area (Å²) in [6.07, 6.45) is 5.53. The first kappa shape index (κ1) is 23.1. The minimum absolute atomic E-state index is 0.0977. The van der Waals surface area contributed by atoms with Crippen molar-refractivity contribution in [2.75, 3.05) is 24.5 Å². The van der Waals surface area contributed by atoms with E-state index in [-0.39, 0.29) is 21.8 Å². The third kappa shape index (κ3) is 4.42. The molecule has 0 radical (unpaired) electrons. The van der Waals surface area contributed by atoms with Gasteiger partial charge in [0.25, 0.3) is 16.8 Å². The fraction of sp³-hybridized carbons (Fsp3) is 0.417. The standard InChI is InChI=1S/C24H28N4O4S/c1-4-5-12-26-23(29)22(33-24(26)30)14-18-13-16(2)27(17(18)3)19-8-9-20(21(15-19)28(31)32)25-10-6-7-11-25/h8-9,13-15H,4-7,10-12H2,1-3H3/b22-14-. The van der Waals surface area contributed by atoms with Crippen molar-refractivity contribution < 1.29 is 14.5 Å². The summed E-state index contributed by atoms with van der Waals surface area (Å²) in [7, 11) is 0. The Bertz CT molecular complexity index is 1150. The Morgan fingerprint density at radius 1 is 1.15 bits per heavy atom. The van der Waals surface area contributed by atoms with Gasteiger partial charge in [-0.2, -0.15) is 0 Å². The number of hydrogen-bond acceptors (Lipinski definition) is 6. The number of hydrogen-bond donors (Lipinski definition) is 0. The Morgan fingerprint density at radius 3 is 2.55 bits per heavy atom. The molecule has 3 heterocycles. The fourth-order valence-corrected chi connectivity index (χ4v) is 5.36. The Labute approximate surface area is 197 Å². The zero-order valence-corrected chi connectivity index (χ0v) is 20.0. The van der Waals surface area contributed by atoms with E-state index in [4.69, 9.17) is 0 Å². The maximum absolute atomic E-state index is 12.7. The lowest BCUT2D eigenvalue weighted by molar-refractivity contribution is -0.384. The molecule has 1 aromatic carbocycles. The highest BCUT2D eigenvalue weighted by Gasteiger charge is 2.34. The lowest BCUT2D eigenvalue weighted by atomic mass is 10.2. The molecule has 8 nitrogen and oxygen atoms in total. The summed E-state index contributed by atoms with van der Waals surface area (Å²) in [5.41, 5.74) is 4.03. The van der Waals surface area contributed by atoms with Crippen molar-refractivity contribution in [2.24, 2.45) is 0 Å². The van der Waals surface area contributed by atoms with Crippen LogP contribution in [0, 0.1) is 24.0 Å². The van der Waals surface area contributed by atoms with Gasteiger partial charge in [-0.3, -0.25) is 24.6 Å². The smallest absolute Gasteiger partial charge is 0.294 e. The average molecular weight is 469 g/mol. The lowest BCUT2D eigenvalue weighted by Gasteiger charge is -2.19. The van der Waals surface area contributed by atoms with Crippen LogP contribution in [0.2, 0.25) is 0 Å². The van der Waals surface area contributed by atoms with Gasteiger partial charge < -0.3 is 9.47 Å². The number of unbranched alkanes of at least 4 members (excludes halogenated alkanes) is 1. The van der Waals surface area contributed by atoms with Crippen molar-refractivity contribution in [1.82, 2.24) is 9.47 Å². The molecule has 2 aliphatic heterocycles. The molecule has 2 fully saturated rings. The van der Waals surface area contributed by atoms with Crippen molar-refractivity contribution in [2.45, 2.75) is 46.5 Å².